The summed E-state index contributed by atoms with van der Waals surface area (Å²) in [4.78, 5) is 6.93. The Kier molecular flexibility index (Phi) is 5.31. The van der Waals surface area contributed by atoms with Crippen molar-refractivity contribution in [2.75, 3.05) is 19.6 Å². The zero-order chi connectivity index (χ0) is 14.5. The highest BCUT2D eigenvalue weighted by Gasteiger charge is 2.27. The molecule has 1 aromatic heterocycles. The topological polar surface area (TPSA) is 33.1 Å². The van der Waals surface area contributed by atoms with Crippen molar-refractivity contribution in [3.05, 3.63) is 18.2 Å². The van der Waals surface area contributed by atoms with Crippen LogP contribution < -0.4 is 5.32 Å². The lowest BCUT2D eigenvalue weighted by molar-refractivity contribution is 0.184. The average Bonchev–Trinajstić information content (AvgIpc) is 3.10. The number of likely N-dealkylation sites (tertiary alicyclic amines) is 1. The second-order valence-corrected chi connectivity index (χ2v) is 6.92. The van der Waals surface area contributed by atoms with E-state index >= 15 is 0 Å². The van der Waals surface area contributed by atoms with Crippen LogP contribution in [0, 0.1) is 5.92 Å². The minimum atomic E-state index is 0.750. The highest BCUT2D eigenvalue weighted by atomic mass is 15.2. The molecule has 2 fully saturated rings. The molecule has 4 heteroatoms. The van der Waals surface area contributed by atoms with Gasteiger partial charge in [0.25, 0.3) is 0 Å². The third-order valence-electron chi connectivity index (χ3n) is 5.32. The van der Waals surface area contributed by atoms with Crippen molar-refractivity contribution in [1.29, 1.82) is 0 Å². The standard InChI is InChI=1S/C17H30N4/c1-20-14-19-12-17(20)11-18-10-16-8-5-9-21(16)13-15-6-3-2-4-7-15/h12,14-16,18H,2-11,13H2,1H3/t16-/m1/s1. The fraction of sp³-hybridized carbons (Fsp3) is 0.824. The summed E-state index contributed by atoms with van der Waals surface area (Å²) in [5.41, 5.74) is 1.27. The molecular weight excluding hydrogens is 260 g/mol. The van der Waals surface area contributed by atoms with E-state index in [-0.39, 0.29) is 0 Å². The highest BCUT2D eigenvalue weighted by molar-refractivity contribution is 4.97. The maximum Gasteiger partial charge on any atom is 0.0945 e. The quantitative estimate of drug-likeness (QED) is 0.874. The second kappa shape index (κ2) is 7.41. The number of imidazole rings is 1. The summed E-state index contributed by atoms with van der Waals surface area (Å²) in [7, 11) is 2.06. The molecule has 2 heterocycles. The van der Waals surface area contributed by atoms with E-state index < -0.39 is 0 Å². The van der Waals surface area contributed by atoms with Crippen LogP contribution >= 0.6 is 0 Å². The molecule has 1 aliphatic heterocycles. The molecule has 0 amide bonds. The van der Waals surface area contributed by atoms with Gasteiger partial charge >= 0.3 is 0 Å². The fourth-order valence-corrected chi connectivity index (χ4v) is 3.99. The maximum absolute atomic E-state index is 4.18. The van der Waals surface area contributed by atoms with E-state index in [9.17, 15) is 0 Å². The molecule has 1 atom stereocenters. The van der Waals surface area contributed by atoms with E-state index in [0.717, 1.165) is 25.0 Å². The summed E-state index contributed by atoms with van der Waals surface area (Å²) in [5, 5.41) is 3.64. The molecule has 0 bridgehead atoms. The van der Waals surface area contributed by atoms with E-state index in [1.54, 1.807) is 0 Å². The molecule has 1 aromatic rings. The van der Waals surface area contributed by atoms with Crippen molar-refractivity contribution in [3.8, 4) is 0 Å². The lowest BCUT2D eigenvalue weighted by atomic mass is 9.89. The Morgan fingerprint density at radius 2 is 2.05 bits per heavy atom. The van der Waals surface area contributed by atoms with Crippen LogP contribution in [0.25, 0.3) is 0 Å². The molecular formula is C17H30N4. The third-order valence-corrected chi connectivity index (χ3v) is 5.32. The Morgan fingerprint density at radius 3 is 2.81 bits per heavy atom. The van der Waals surface area contributed by atoms with Crippen LogP contribution in [-0.4, -0.2) is 40.1 Å². The third kappa shape index (κ3) is 4.07. The van der Waals surface area contributed by atoms with Gasteiger partial charge in [-0.15, -0.1) is 0 Å². The van der Waals surface area contributed by atoms with E-state index in [1.807, 2.05) is 12.5 Å². The number of nitrogens with zero attached hydrogens (tertiary/aromatic N) is 3. The van der Waals surface area contributed by atoms with Crippen LogP contribution in [0.15, 0.2) is 12.5 Å². The summed E-state index contributed by atoms with van der Waals surface area (Å²) in [6, 6.07) is 0.750. The molecule has 0 spiro atoms. The van der Waals surface area contributed by atoms with Crippen LogP contribution in [0.3, 0.4) is 0 Å². The molecule has 0 aromatic carbocycles. The molecule has 2 aliphatic rings. The summed E-state index contributed by atoms with van der Waals surface area (Å²) < 4.78 is 2.10. The number of nitrogens with one attached hydrogen (secondary N) is 1. The van der Waals surface area contributed by atoms with Crippen molar-refractivity contribution in [3.63, 3.8) is 0 Å². The van der Waals surface area contributed by atoms with Gasteiger partial charge < -0.3 is 9.88 Å². The minimum absolute atomic E-state index is 0.750. The summed E-state index contributed by atoms with van der Waals surface area (Å²) in [5.74, 6) is 0.969. The van der Waals surface area contributed by atoms with Gasteiger partial charge in [0, 0.05) is 38.9 Å². The molecule has 21 heavy (non-hydrogen) atoms. The molecule has 1 N–H and O–H groups in total. The van der Waals surface area contributed by atoms with E-state index in [4.69, 9.17) is 0 Å². The van der Waals surface area contributed by atoms with Gasteiger partial charge in [0.2, 0.25) is 0 Å². The maximum atomic E-state index is 4.18. The monoisotopic (exact) mass is 290 g/mol. The highest BCUT2D eigenvalue weighted by Crippen LogP contribution is 2.27. The number of rotatable bonds is 6. The first-order valence-corrected chi connectivity index (χ1v) is 8.73. The SMILES string of the molecule is Cn1cncc1CNC[C@H]1CCCN1CC1CCCCC1. The zero-order valence-corrected chi connectivity index (χ0v) is 13.4. The number of hydrogen-bond donors (Lipinski definition) is 1. The van der Waals surface area contributed by atoms with Crippen molar-refractivity contribution in [2.45, 2.75) is 57.5 Å². The van der Waals surface area contributed by atoms with Gasteiger partial charge in [0.1, 0.15) is 0 Å². The van der Waals surface area contributed by atoms with Gasteiger partial charge in [-0.1, -0.05) is 19.3 Å². The number of hydrogen-bond acceptors (Lipinski definition) is 3. The van der Waals surface area contributed by atoms with Crippen LogP contribution in [0.1, 0.15) is 50.6 Å². The van der Waals surface area contributed by atoms with Gasteiger partial charge in [0.15, 0.2) is 0 Å². The molecule has 1 saturated heterocycles. The minimum Gasteiger partial charge on any atom is -0.337 e. The average molecular weight is 290 g/mol. The predicted molar refractivity (Wildman–Crippen MR) is 86.1 cm³/mol. The van der Waals surface area contributed by atoms with Crippen LogP contribution in [0.5, 0.6) is 0 Å². The van der Waals surface area contributed by atoms with Crippen LogP contribution in [-0.2, 0) is 13.6 Å². The molecule has 118 valence electrons. The second-order valence-electron chi connectivity index (χ2n) is 6.92. The van der Waals surface area contributed by atoms with Gasteiger partial charge in [0.05, 0.1) is 12.0 Å². The largest absolute Gasteiger partial charge is 0.337 e. The smallest absolute Gasteiger partial charge is 0.0945 e. The molecule has 3 rings (SSSR count). The molecule has 4 nitrogen and oxygen atoms in total. The van der Waals surface area contributed by atoms with Crippen LogP contribution in [0.4, 0.5) is 0 Å². The van der Waals surface area contributed by atoms with Crippen molar-refractivity contribution >= 4 is 0 Å². The normalized spacial score (nSPS) is 24.7. The van der Waals surface area contributed by atoms with Crippen molar-refractivity contribution < 1.29 is 0 Å². The zero-order valence-electron chi connectivity index (χ0n) is 13.4. The lowest BCUT2D eigenvalue weighted by Crippen LogP contribution is -2.40. The summed E-state index contributed by atoms with van der Waals surface area (Å²) in [6.45, 7) is 4.72. The van der Waals surface area contributed by atoms with Gasteiger partial charge in [-0.05, 0) is 38.1 Å². The van der Waals surface area contributed by atoms with Crippen molar-refractivity contribution in [1.82, 2.24) is 19.8 Å². The molecule has 0 radical (unpaired) electrons. The Hall–Kier alpha value is -0.870. The summed E-state index contributed by atoms with van der Waals surface area (Å²) >= 11 is 0. The molecule has 1 aliphatic carbocycles. The van der Waals surface area contributed by atoms with E-state index in [2.05, 4.69) is 26.8 Å². The van der Waals surface area contributed by atoms with E-state index in [1.165, 1.54) is 63.7 Å². The predicted octanol–water partition coefficient (Wildman–Crippen LogP) is 2.55. The van der Waals surface area contributed by atoms with Crippen LogP contribution in [0.2, 0.25) is 0 Å². The molecule has 0 unspecified atom stereocenters. The van der Waals surface area contributed by atoms with Crippen molar-refractivity contribution in [2.24, 2.45) is 13.0 Å². The van der Waals surface area contributed by atoms with E-state index in [0.29, 0.717) is 0 Å². The van der Waals surface area contributed by atoms with Gasteiger partial charge in [-0.3, -0.25) is 4.90 Å². The first-order valence-electron chi connectivity index (χ1n) is 8.73. The Balaban J connectivity index is 1.42. The first-order chi connectivity index (χ1) is 10.3. The Labute approximate surface area is 128 Å². The fourth-order valence-electron chi connectivity index (χ4n) is 3.99. The Bertz CT molecular complexity index is 422. The van der Waals surface area contributed by atoms with Gasteiger partial charge in [-0.25, -0.2) is 4.98 Å². The van der Waals surface area contributed by atoms with Gasteiger partial charge in [-0.2, -0.15) is 0 Å². The molecule has 1 saturated carbocycles. The number of aromatic nitrogens is 2. The Morgan fingerprint density at radius 1 is 1.19 bits per heavy atom. The number of aryl methyl sites for hydroxylation is 1. The lowest BCUT2D eigenvalue weighted by Gasteiger charge is -2.31. The first kappa shape index (κ1) is 15.0. The summed E-state index contributed by atoms with van der Waals surface area (Å²) in [6.07, 6.45) is 13.9.